The van der Waals surface area contributed by atoms with Crippen molar-refractivity contribution in [3.63, 3.8) is 0 Å². The molecule has 1 aliphatic rings. The molecule has 0 bridgehead atoms. The van der Waals surface area contributed by atoms with Crippen LogP contribution in [0.1, 0.15) is 32.6 Å². The summed E-state index contributed by atoms with van der Waals surface area (Å²) >= 11 is 7.61. The lowest BCUT2D eigenvalue weighted by Crippen LogP contribution is -2.40. The third-order valence-electron chi connectivity index (χ3n) is 4.23. The molecule has 116 valence electrons. The zero-order chi connectivity index (χ0) is 15.4. The number of benzene rings is 1. The molecule has 0 unspecified atom stereocenters. The normalized spacial score (nSPS) is 22.0. The number of carbonyl (C=O) groups excluding carboxylic acids is 1. The van der Waals surface area contributed by atoms with E-state index in [1.165, 1.54) is 24.6 Å². The number of amides is 1. The average molecular weight is 327 g/mol. The number of nitrogens with two attached hydrogens (primary N) is 1. The van der Waals surface area contributed by atoms with Crippen molar-refractivity contribution >= 4 is 35.0 Å². The van der Waals surface area contributed by atoms with Crippen LogP contribution in [0.25, 0.3) is 0 Å². The molecular weight excluding hydrogens is 304 g/mol. The first kappa shape index (κ1) is 16.5. The maximum absolute atomic E-state index is 12.3. The van der Waals surface area contributed by atoms with Crippen LogP contribution in [-0.4, -0.2) is 29.6 Å². The van der Waals surface area contributed by atoms with Gasteiger partial charge in [0.1, 0.15) is 0 Å². The molecule has 1 aromatic carbocycles. The van der Waals surface area contributed by atoms with Gasteiger partial charge in [0.2, 0.25) is 5.91 Å². The SMILES string of the molecule is CC1CCC(N(C)C(=O)CSc2ccc(N)cc2Cl)CC1. The molecule has 2 N–H and O–H groups in total. The second-order valence-electron chi connectivity index (χ2n) is 5.90. The summed E-state index contributed by atoms with van der Waals surface area (Å²) in [5.74, 6) is 1.40. The molecule has 3 nitrogen and oxygen atoms in total. The Hall–Kier alpha value is -0.870. The molecule has 2 rings (SSSR count). The number of hydrogen-bond donors (Lipinski definition) is 1. The van der Waals surface area contributed by atoms with E-state index in [1.54, 1.807) is 6.07 Å². The fraction of sp³-hybridized carbons (Fsp3) is 0.562. The molecule has 1 fully saturated rings. The van der Waals surface area contributed by atoms with Crippen molar-refractivity contribution in [3.05, 3.63) is 23.2 Å². The Morgan fingerprint density at radius 1 is 1.38 bits per heavy atom. The summed E-state index contributed by atoms with van der Waals surface area (Å²) in [5, 5.41) is 0.613. The topological polar surface area (TPSA) is 46.3 Å². The first-order valence-corrected chi connectivity index (χ1v) is 8.77. The zero-order valence-corrected chi connectivity index (χ0v) is 14.2. The van der Waals surface area contributed by atoms with Crippen molar-refractivity contribution in [2.45, 2.75) is 43.5 Å². The second-order valence-corrected chi connectivity index (χ2v) is 7.32. The minimum Gasteiger partial charge on any atom is -0.399 e. The number of carbonyl (C=O) groups is 1. The number of thioether (sulfide) groups is 1. The fourth-order valence-corrected chi connectivity index (χ4v) is 3.91. The van der Waals surface area contributed by atoms with Crippen LogP contribution in [0.4, 0.5) is 5.69 Å². The molecule has 1 aromatic rings. The molecule has 0 aromatic heterocycles. The van der Waals surface area contributed by atoms with Crippen molar-refractivity contribution in [1.29, 1.82) is 0 Å². The standard InChI is InChI=1S/C16H23ClN2OS/c1-11-3-6-13(7-4-11)19(2)16(20)10-21-15-8-5-12(18)9-14(15)17/h5,8-9,11,13H,3-4,6-7,10,18H2,1-2H3. The molecule has 0 aliphatic heterocycles. The van der Waals surface area contributed by atoms with E-state index in [0.717, 1.165) is 23.7 Å². The fourth-order valence-electron chi connectivity index (χ4n) is 2.71. The van der Waals surface area contributed by atoms with E-state index in [2.05, 4.69) is 6.92 Å². The van der Waals surface area contributed by atoms with Gasteiger partial charge in [0.05, 0.1) is 10.8 Å². The zero-order valence-electron chi connectivity index (χ0n) is 12.6. The van der Waals surface area contributed by atoms with Crippen LogP contribution in [-0.2, 0) is 4.79 Å². The van der Waals surface area contributed by atoms with Gasteiger partial charge >= 0.3 is 0 Å². The van der Waals surface area contributed by atoms with Crippen LogP contribution in [0, 0.1) is 5.92 Å². The summed E-state index contributed by atoms with van der Waals surface area (Å²) in [6.45, 7) is 2.29. The molecule has 0 heterocycles. The first-order chi connectivity index (χ1) is 9.97. The summed E-state index contributed by atoms with van der Waals surface area (Å²) in [4.78, 5) is 15.1. The Morgan fingerprint density at radius 3 is 2.67 bits per heavy atom. The van der Waals surface area contributed by atoms with Crippen LogP contribution in [0.2, 0.25) is 5.02 Å². The summed E-state index contributed by atoms with van der Waals surface area (Å²) < 4.78 is 0. The van der Waals surface area contributed by atoms with Crippen LogP contribution in [0.3, 0.4) is 0 Å². The van der Waals surface area contributed by atoms with Crippen molar-refractivity contribution in [2.24, 2.45) is 5.92 Å². The van der Waals surface area contributed by atoms with E-state index >= 15 is 0 Å². The number of nitrogens with zero attached hydrogens (tertiary/aromatic N) is 1. The molecule has 0 radical (unpaired) electrons. The summed E-state index contributed by atoms with van der Waals surface area (Å²) in [6.07, 6.45) is 4.69. The highest BCUT2D eigenvalue weighted by atomic mass is 35.5. The van der Waals surface area contributed by atoms with Gasteiger partial charge in [-0.3, -0.25) is 4.79 Å². The largest absolute Gasteiger partial charge is 0.399 e. The summed E-state index contributed by atoms with van der Waals surface area (Å²) in [5.41, 5.74) is 6.31. The molecule has 21 heavy (non-hydrogen) atoms. The first-order valence-electron chi connectivity index (χ1n) is 7.41. The van der Waals surface area contributed by atoms with Crippen LogP contribution >= 0.6 is 23.4 Å². The smallest absolute Gasteiger partial charge is 0.232 e. The number of nitrogen functional groups attached to an aromatic ring is 1. The lowest BCUT2D eigenvalue weighted by Gasteiger charge is -2.33. The molecule has 0 atom stereocenters. The minimum atomic E-state index is 0.174. The molecule has 1 saturated carbocycles. The van der Waals surface area contributed by atoms with E-state index in [0.29, 0.717) is 22.5 Å². The van der Waals surface area contributed by atoms with Gasteiger partial charge in [-0.2, -0.15) is 0 Å². The number of halogens is 1. The third-order valence-corrected chi connectivity index (χ3v) is 5.72. The van der Waals surface area contributed by atoms with Gasteiger partial charge in [0.15, 0.2) is 0 Å². The number of hydrogen-bond acceptors (Lipinski definition) is 3. The van der Waals surface area contributed by atoms with Crippen LogP contribution in [0.5, 0.6) is 0 Å². The van der Waals surface area contributed by atoms with Gasteiger partial charge < -0.3 is 10.6 Å². The lowest BCUT2D eigenvalue weighted by atomic mass is 9.87. The Bertz CT molecular complexity index is 501. The van der Waals surface area contributed by atoms with Crippen molar-refractivity contribution < 1.29 is 4.79 Å². The molecule has 1 amide bonds. The highest BCUT2D eigenvalue weighted by Gasteiger charge is 2.24. The quantitative estimate of drug-likeness (QED) is 0.670. The minimum absolute atomic E-state index is 0.174. The average Bonchev–Trinajstić information content (AvgIpc) is 2.46. The highest BCUT2D eigenvalue weighted by molar-refractivity contribution is 8.00. The van der Waals surface area contributed by atoms with E-state index < -0.39 is 0 Å². The molecule has 0 spiro atoms. The predicted molar refractivity (Wildman–Crippen MR) is 90.8 cm³/mol. The predicted octanol–water partition coefficient (Wildman–Crippen LogP) is 4.05. The van der Waals surface area contributed by atoms with Gasteiger partial charge in [-0.05, 0) is 49.8 Å². The van der Waals surface area contributed by atoms with Crippen LogP contribution < -0.4 is 5.73 Å². The summed E-state index contributed by atoms with van der Waals surface area (Å²) in [6, 6.07) is 5.81. The van der Waals surface area contributed by atoms with E-state index in [9.17, 15) is 4.79 Å². The Morgan fingerprint density at radius 2 is 2.05 bits per heavy atom. The van der Waals surface area contributed by atoms with Crippen molar-refractivity contribution in [1.82, 2.24) is 4.90 Å². The lowest BCUT2D eigenvalue weighted by molar-refractivity contribution is -0.129. The van der Waals surface area contributed by atoms with Crippen LogP contribution in [0.15, 0.2) is 23.1 Å². The molecule has 0 saturated heterocycles. The monoisotopic (exact) mass is 326 g/mol. The van der Waals surface area contributed by atoms with Gasteiger partial charge in [0.25, 0.3) is 0 Å². The maximum atomic E-state index is 12.3. The van der Waals surface area contributed by atoms with Gasteiger partial charge in [-0.1, -0.05) is 18.5 Å². The molecule has 5 heteroatoms. The maximum Gasteiger partial charge on any atom is 0.232 e. The Balaban J connectivity index is 1.86. The van der Waals surface area contributed by atoms with Gasteiger partial charge in [0, 0.05) is 23.7 Å². The highest BCUT2D eigenvalue weighted by Crippen LogP contribution is 2.30. The number of anilines is 1. The Labute approximate surface area is 136 Å². The van der Waals surface area contributed by atoms with E-state index in [-0.39, 0.29) is 5.91 Å². The van der Waals surface area contributed by atoms with Crippen molar-refractivity contribution in [2.75, 3.05) is 18.5 Å². The number of rotatable bonds is 4. The van der Waals surface area contributed by atoms with E-state index in [1.807, 2.05) is 24.1 Å². The second kappa shape index (κ2) is 7.41. The molecule has 1 aliphatic carbocycles. The van der Waals surface area contributed by atoms with E-state index in [4.69, 9.17) is 17.3 Å². The third kappa shape index (κ3) is 4.55. The Kier molecular flexibility index (Phi) is 5.82. The van der Waals surface area contributed by atoms with Gasteiger partial charge in [-0.15, -0.1) is 11.8 Å². The van der Waals surface area contributed by atoms with Gasteiger partial charge in [-0.25, -0.2) is 0 Å². The van der Waals surface area contributed by atoms with Crippen molar-refractivity contribution in [3.8, 4) is 0 Å². The summed E-state index contributed by atoms with van der Waals surface area (Å²) in [7, 11) is 1.92. The molecular formula is C16H23ClN2OS.